The van der Waals surface area contributed by atoms with Gasteiger partial charge >= 0.3 is 18.0 Å². The van der Waals surface area contributed by atoms with E-state index in [1.54, 1.807) is 13.8 Å². The Morgan fingerprint density at radius 3 is 2.05 bits per heavy atom. The van der Waals surface area contributed by atoms with Crippen LogP contribution in [-0.4, -0.2) is 56.2 Å². The Balaban J connectivity index is 1.93. The molecule has 4 N–H and O–H groups in total. The molecule has 240 valence electrons. The third-order valence-electron chi connectivity index (χ3n) is 10.00. The summed E-state index contributed by atoms with van der Waals surface area (Å²) in [6, 6.07) is 0. The molecule has 0 aromatic rings. The van der Waals surface area contributed by atoms with Crippen molar-refractivity contribution in [3.63, 3.8) is 0 Å². The van der Waals surface area contributed by atoms with E-state index in [4.69, 9.17) is 0 Å². The lowest BCUT2D eigenvalue weighted by Gasteiger charge is -2.49. The van der Waals surface area contributed by atoms with Gasteiger partial charge in [-0.05, 0) is 107 Å². The highest BCUT2D eigenvalue weighted by Crippen LogP contribution is 2.63. The van der Waals surface area contributed by atoms with Gasteiger partial charge in [-0.2, -0.15) is 26.3 Å². The second-order valence-corrected chi connectivity index (χ2v) is 14.1. The molecule has 0 aromatic carbocycles. The first-order chi connectivity index (χ1) is 19.1. The van der Waals surface area contributed by atoms with Gasteiger partial charge in [0.05, 0.1) is 17.8 Å². The van der Waals surface area contributed by atoms with E-state index in [9.17, 15) is 46.8 Å². The fourth-order valence-corrected chi connectivity index (χ4v) is 7.90. The first kappa shape index (κ1) is 34.9. The number of halogens is 6. The van der Waals surface area contributed by atoms with E-state index in [2.05, 4.69) is 18.9 Å². The Bertz CT molecular complexity index is 1050. The Labute approximate surface area is 245 Å². The Kier molecular flexibility index (Phi) is 10.4. The molecule has 0 radical (unpaired) electrons. The third kappa shape index (κ3) is 7.75. The number of hydrogen-bond donors (Lipinski definition) is 4. The van der Waals surface area contributed by atoms with Gasteiger partial charge in [0.1, 0.15) is 0 Å². The molecule has 3 aliphatic carbocycles. The van der Waals surface area contributed by atoms with Crippen molar-refractivity contribution in [2.45, 2.75) is 141 Å². The molecule has 10 heteroatoms. The van der Waals surface area contributed by atoms with Gasteiger partial charge in [-0.15, -0.1) is 0 Å². The largest absolute Gasteiger partial charge is 0.438 e. The van der Waals surface area contributed by atoms with Crippen LogP contribution in [0.1, 0.15) is 105 Å². The molecule has 4 nitrogen and oxygen atoms in total. The van der Waals surface area contributed by atoms with Crippen LogP contribution in [0.5, 0.6) is 0 Å². The smallest absolute Gasteiger partial charge is 0.393 e. The molecule has 2 unspecified atom stereocenters. The van der Waals surface area contributed by atoms with Crippen molar-refractivity contribution < 1.29 is 46.8 Å². The average Bonchev–Trinajstić information content (AvgIpc) is 3.18. The van der Waals surface area contributed by atoms with E-state index in [0.29, 0.717) is 38.5 Å². The summed E-state index contributed by atoms with van der Waals surface area (Å²) in [6.07, 6.45) is -2.41. The number of aliphatic hydroxyl groups excluding tert-OH is 2. The maximum atomic E-state index is 13.3. The van der Waals surface area contributed by atoms with Gasteiger partial charge in [-0.1, -0.05) is 49.5 Å². The van der Waals surface area contributed by atoms with Crippen LogP contribution in [-0.2, 0) is 0 Å². The molecular formula is C32H46F6O4. The lowest BCUT2D eigenvalue weighted by Crippen LogP contribution is -2.55. The van der Waals surface area contributed by atoms with E-state index < -0.39 is 41.2 Å². The maximum absolute atomic E-state index is 13.3. The van der Waals surface area contributed by atoms with Gasteiger partial charge in [-0.3, -0.25) is 0 Å². The van der Waals surface area contributed by atoms with E-state index in [1.807, 2.05) is 13.0 Å². The quantitative estimate of drug-likeness (QED) is 0.183. The van der Waals surface area contributed by atoms with Crippen molar-refractivity contribution in [2.24, 2.45) is 22.7 Å². The molecule has 3 rings (SSSR count). The monoisotopic (exact) mass is 608 g/mol. The first-order valence-electron chi connectivity index (χ1n) is 14.9. The predicted octanol–water partition coefficient (Wildman–Crippen LogP) is 7.16. The normalized spacial score (nSPS) is 31.8. The van der Waals surface area contributed by atoms with Crippen LogP contribution < -0.4 is 0 Å². The summed E-state index contributed by atoms with van der Waals surface area (Å²) in [5, 5.41) is 39.9. The molecule has 3 saturated carbocycles. The minimum Gasteiger partial charge on any atom is -0.393 e. The molecule has 0 aliphatic heterocycles. The lowest BCUT2D eigenvalue weighted by atomic mass is 9.55. The van der Waals surface area contributed by atoms with Crippen LogP contribution in [0.4, 0.5) is 26.3 Å². The predicted molar refractivity (Wildman–Crippen MR) is 148 cm³/mol. The second kappa shape index (κ2) is 12.5. The molecule has 0 saturated heterocycles. The van der Waals surface area contributed by atoms with Crippen LogP contribution in [0, 0.1) is 34.5 Å². The molecule has 6 atom stereocenters. The van der Waals surface area contributed by atoms with Crippen molar-refractivity contribution >= 4 is 0 Å². The summed E-state index contributed by atoms with van der Waals surface area (Å²) in [6.45, 7) is 7.34. The molecular weight excluding hydrogens is 562 g/mol. The van der Waals surface area contributed by atoms with Gasteiger partial charge in [0.25, 0.3) is 0 Å². The Morgan fingerprint density at radius 2 is 1.50 bits per heavy atom. The van der Waals surface area contributed by atoms with E-state index in [-0.39, 0.29) is 23.7 Å². The van der Waals surface area contributed by atoms with Crippen LogP contribution in [0.3, 0.4) is 0 Å². The summed E-state index contributed by atoms with van der Waals surface area (Å²) in [5.74, 6) is 3.42. The Morgan fingerprint density at radius 1 is 0.905 bits per heavy atom. The maximum Gasteiger partial charge on any atom is 0.438 e. The van der Waals surface area contributed by atoms with Gasteiger partial charge in [-0.25, -0.2) is 0 Å². The van der Waals surface area contributed by atoms with Gasteiger partial charge in [0.2, 0.25) is 0 Å². The molecule has 0 amide bonds. The molecule has 42 heavy (non-hydrogen) atoms. The lowest BCUT2D eigenvalue weighted by molar-refractivity contribution is -0.343. The highest BCUT2D eigenvalue weighted by molar-refractivity contribution is 5.27. The van der Waals surface area contributed by atoms with E-state index >= 15 is 0 Å². The van der Waals surface area contributed by atoms with Crippen molar-refractivity contribution in [3.8, 4) is 11.8 Å². The summed E-state index contributed by atoms with van der Waals surface area (Å²) in [4.78, 5) is 0. The van der Waals surface area contributed by atoms with Gasteiger partial charge in [0, 0.05) is 6.42 Å². The molecule has 0 heterocycles. The topological polar surface area (TPSA) is 80.9 Å². The molecule has 3 fully saturated rings. The number of hydrogen-bond acceptors (Lipinski definition) is 4. The van der Waals surface area contributed by atoms with Crippen LogP contribution in [0.2, 0.25) is 0 Å². The molecule has 3 aliphatic rings. The standard InChI is InChI=1S/C32H46F6O4/c1-27(2,41)13-6-14-28(3,15-7-17-30(42,31(33,34)35)32(36,37)38)26-12-11-25-22(8-5-16-29(25,26)4)10-9-21-18-23(39)20-24(40)19-21/h9-10,23-26,39-42H,5-6,8,11-16,18-20H2,1-4H3/b22-10+/t23-,24-,25?,26-,28?,29+/m1/s1. The SMILES string of the molecule is CC(C)(O)CCCC(C)(CC#CC(O)(C(F)(F)F)C(F)(F)F)[C@H]1CCC2/C(=C/C=C3C[C@@H](O)C[C@H](O)C3)CCC[C@@]21C. The summed E-state index contributed by atoms with van der Waals surface area (Å²) >= 11 is 0. The van der Waals surface area contributed by atoms with E-state index in [1.165, 1.54) is 11.5 Å². The van der Waals surface area contributed by atoms with Crippen molar-refractivity contribution in [1.82, 2.24) is 0 Å². The van der Waals surface area contributed by atoms with Gasteiger partial charge in [0.15, 0.2) is 0 Å². The minimum atomic E-state index is -6.00. The van der Waals surface area contributed by atoms with Crippen LogP contribution in [0.15, 0.2) is 23.3 Å². The number of rotatable bonds is 7. The summed E-state index contributed by atoms with van der Waals surface area (Å²) in [5.41, 5.74) is -4.88. The minimum absolute atomic E-state index is 0.0503. The Hall–Kier alpha value is -1.54. The second-order valence-electron chi connectivity index (χ2n) is 14.1. The molecule has 0 bridgehead atoms. The van der Waals surface area contributed by atoms with Crippen LogP contribution in [0.25, 0.3) is 0 Å². The summed E-state index contributed by atoms with van der Waals surface area (Å²) in [7, 11) is 0. The van der Waals surface area contributed by atoms with Crippen molar-refractivity contribution in [3.05, 3.63) is 23.3 Å². The zero-order valence-corrected chi connectivity index (χ0v) is 25.0. The van der Waals surface area contributed by atoms with Crippen molar-refractivity contribution in [2.75, 3.05) is 0 Å². The zero-order valence-electron chi connectivity index (χ0n) is 25.0. The average molecular weight is 609 g/mol. The fourth-order valence-electron chi connectivity index (χ4n) is 7.90. The van der Waals surface area contributed by atoms with Crippen LogP contribution >= 0.6 is 0 Å². The molecule has 0 spiro atoms. The third-order valence-corrected chi connectivity index (χ3v) is 10.00. The first-order valence-corrected chi connectivity index (χ1v) is 14.9. The number of allylic oxidation sites excluding steroid dienone is 3. The molecule has 0 aromatic heterocycles. The fraction of sp³-hybridized carbons (Fsp3) is 0.812. The van der Waals surface area contributed by atoms with E-state index in [0.717, 1.165) is 37.7 Å². The number of alkyl halides is 6. The number of aliphatic hydroxyl groups is 4. The summed E-state index contributed by atoms with van der Waals surface area (Å²) < 4.78 is 79.7. The number of fused-ring (bicyclic) bond motifs is 1. The highest BCUT2D eigenvalue weighted by Gasteiger charge is 2.70. The highest BCUT2D eigenvalue weighted by atomic mass is 19.4. The van der Waals surface area contributed by atoms with Gasteiger partial charge < -0.3 is 20.4 Å². The zero-order chi connectivity index (χ0) is 31.8. The van der Waals surface area contributed by atoms with Crippen molar-refractivity contribution in [1.29, 1.82) is 0 Å².